The summed E-state index contributed by atoms with van der Waals surface area (Å²) >= 11 is 0. The number of phenolic OH excluding ortho intramolecular Hbond substituents is 1. The highest BCUT2D eigenvalue weighted by molar-refractivity contribution is 5.79. The fourth-order valence-corrected chi connectivity index (χ4v) is 2.37. The summed E-state index contributed by atoms with van der Waals surface area (Å²) in [6, 6.07) is 4.66. The summed E-state index contributed by atoms with van der Waals surface area (Å²) in [6.45, 7) is 0.0939. The van der Waals surface area contributed by atoms with Gasteiger partial charge in [0.25, 0.3) is 0 Å². The minimum Gasteiger partial charge on any atom is -0.508 e. The third-order valence-electron chi connectivity index (χ3n) is 3.52. The van der Waals surface area contributed by atoms with Crippen molar-refractivity contribution in [1.29, 1.82) is 0 Å². The van der Waals surface area contributed by atoms with Crippen LogP contribution in [0.5, 0.6) is 5.75 Å². The topological polar surface area (TPSA) is 61.4 Å². The number of nitrogens with one attached hydrogen (secondary N) is 2. The molecule has 1 amide bonds. The van der Waals surface area contributed by atoms with Crippen LogP contribution in [0, 0.1) is 0 Å². The Morgan fingerprint density at radius 3 is 2.62 bits per heavy atom. The highest BCUT2D eigenvalue weighted by Gasteiger charge is 2.41. The van der Waals surface area contributed by atoms with Crippen molar-refractivity contribution in [3.8, 4) is 5.75 Å². The minimum absolute atomic E-state index is 0.00583. The largest absolute Gasteiger partial charge is 0.508 e. The van der Waals surface area contributed by atoms with Gasteiger partial charge >= 0.3 is 6.18 Å². The molecule has 3 N–H and O–H groups in total. The lowest BCUT2D eigenvalue weighted by molar-refractivity contribution is -0.161. The molecule has 0 aromatic heterocycles. The van der Waals surface area contributed by atoms with E-state index >= 15 is 0 Å². The quantitative estimate of drug-likeness (QED) is 0.797. The van der Waals surface area contributed by atoms with E-state index in [9.17, 15) is 23.1 Å². The van der Waals surface area contributed by atoms with E-state index in [1.165, 1.54) is 6.07 Å². The summed E-state index contributed by atoms with van der Waals surface area (Å²) in [5, 5.41) is 14.7. The Labute approximate surface area is 120 Å². The van der Waals surface area contributed by atoms with Crippen LogP contribution in [0.1, 0.15) is 18.4 Å². The van der Waals surface area contributed by atoms with E-state index in [0.29, 0.717) is 5.56 Å². The number of carbonyl (C=O) groups is 1. The molecule has 21 heavy (non-hydrogen) atoms. The Hall–Kier alpha value is -1.76. The Balaban J connectivity index is 1.81. The van der Waals surface area contributed by atoms with E-state index in [-0.39, 0.29) is 43.5 Å². The molecule has 1 aromatic carbocycles. The zero-order chi connectivity index (χ0) is 15.5. The van der Waals surface area contributed by atoms with Gasteiger partial charge in [-0.2, -0.15) is 13.2 Å². The van der Waals surface area contributed by atoms with Crippen molar-refractivity contribution >= 4 is 5.91 Å². The van der Waals surface area contributed by atoms with Crippen LogP contribution in [0.2, 0.25) is 0 Å². The molecular formula is C14H17F3N2O2. The van der Waals surface area contributed by atoms with E-state index in [0.717, 1.165) is 0 Å². The maximum absolute atomic E-state index is 12.5. The highest BCUT2D eigenvalue weighted by atomic mass is 19.4. The first-order valence-corrected chi connectivity index (χ1v) is 6.72. The van der Waals surface area contributed by atoms with Gasteiger partial charge in [-0.1, -0.05) is 18.2 Å². The number of hydrogen-bond acceptors (Lipinski definition) is 3. The molecule has 0 bridgehead atoms. The summed E-state index contributed by atoms with van der Waals surface area (Å²) in [4.78, 5) is 11.8. The fourth-order valence-electron chi connectivity index (χ4n) is 2.37. The fraction of sp³-hybridized carbons (Fsp3) is 0.500. The zero-order valence-electron chi connectivity index (χ0n) is 11.3. The monoisotopic (exact) mass is 302 g/mol. The van der Waals surface area contributed by atoms with Crippen LogP contribution in [-0.4, -0.2) is 35.8 Å². The van der Waals surface area contributed by atoms with Crippen LogP contribution >= 0.6 is 0 Å². The summed E-state index contributed by atoms with van der Waals surface area (Å²) in [7, 11) is 0. The van der Waals surface area contributed by atoms with E-state index in [1.807, 2.05) is 0 Å². The van der Waals surface area contributed by atoms with Gasteiger partial charge in [0.1, 0.15) is 11.8 Å². The third kappa shape index (κ3) is 4.35. The summed E-state index contributed by atoms with van der Waals surface area (Å²) < 4.78 is 37.5. The molecule has 1 aliphatic heterocycles. The summed E-state index contributed by atoms with van der Waals surface area (Å²) in [5.41, 5.74) is 0.493. The van der Waals surface area contributed by atoms with Gasteiger partial charge in [-0.05, 0) is 18.9 Å². The number of halogens is 3. The predicted octanol–water partition coefficient (Wildman–Crippen LogP) is 1.73. The number of piperidine rings is 1. The first kappa shape index (κ1) is 15.6. The van der Waals surface area contributed by atoms with Crippen molar-refractivity contribution in [2.45, 2.75) is 37.5 Å². The number of hydrogen-bond donors (Lipinski definition) is 3. The number of amides is 1. The second kappa shape index (κ2) is 6.34. The highest BCUT2D eigenvalue weighted by Crippen LogP contribution is 2.26. The third-order valence-corrected chi connectivity index (χ3v) is 3.52. The molecule has 0 spiro atoms. The maximum atomic E-state index is 12.5. The molecule has 7 heteroatoms. The van der Waals surface area contributed by atoms with Gasteiger partial charge in [-0.3, -0.25) is 4.79 Å². The molecule has 0 aliphatic carbocycles. The van der Waals surface area contributed by atoms with E-state index in [2.05, 4.69) is 10.6 Å². The van der Waals surface area contributed by atoms with E-state index in [1.54, 1.807) is 18.2 Å². The molecule has 2 atom stereocenters. The van der Waals surface area contributed by atoms with Crippen LogP contribution in [0.4, 0.5) is 13.2 Å². The molecule has 116 valence electrons. The van der Waals surface area contributed by atoms with Crippen LogP contribution in [0.25, 0.3) is 0 Å². The maximum Gasteiger partial charge on any atom is 0.403 e. The lowest BCUT2D eigenvalue weighted by Gasteiger charge is -2.31. The lowest BCUT2D eigenvalue weighted by Crippen LogP contribution is -2.54. The zero-order valence-corrected chi connectivity index (χ0v) is 11.3. The van der Waals surface area contributed by atoms with Crippen molar-refractivity contribution in [2.24, 2.45) is 0 Å². The normalized spacial score (nSPS) is 22.8. The van der Waals surface area contributed by atoms with Gasteiger partial charge in [0.2, 0.25) is 5.91 Å². The van der Waals surface area contributed by atoms with Gasteiger partial charge in [0.05, 0.1) is 6.42 Å². The van der Waals surface area contributed by atoms with E-state index in [4.69, 9.17) is 0 Å². The van der Waals surface area contributed by atoms with Gasteiger partial charge in [0, 0.05) is 18.2 Å². The number of rotatable bonds is 3. The Bertz CT molecular complexity index is 497. The van der Waals surface area contributed by atoms with Crippen molar-refractivity contribution in [1.82, 2.24) is 10.6 Å². The molecule has 1 fully saturated rings. The molecular weight excluding hydrogens is 285 g/mol. The van der Waals surface area contributed by atoms with Crippen LogP contribution in [0.3, 0.4) is 0 Å². The van der Waals surface area contributed by atoms with Crippen molar-refractivity contribution in [2.75, 3.05) is 6.54 Å². The Morgan fingerprint density at radius 2 is 2.05 bits per heavy atom. The molecule has 0 saturated carbocycles. The standard InChI is InChI=1S/C14H17F3N2O2/c15-14(16,17)12-6-5-10(8-18-12)19-13(21)7-9-3-1-2-4-11(9)20/h1-4,10,12,18,20H,5-8H2,(H,19,21). The second-order valence-corrected chi connectivity index (χ2v) is 5.15. The number of benzene rings is 1. The first-order valence-electron chi connectivity index (χ1n) is 6.72. The minimum atomic E-state index is -4.25. The van der Waals surface area contributed by atoms with Crippen LogP contribution < -0.4 is 10.6 Å². The average Bonchev–Trinajstić information content (AvgIpc) is 2.41. The number of aromatic hydroxyl groups is 1. The summed E-state index contributed by atoms with van der Waals surface area (Å²) in [5.74, 6) is -0.277. The Morgan fingerprint density at radius 1 is 1.33 bits per heavy atom. The van der Waals surface area contributed by atoms with Crippen LogP contribution in [-0.2, 0) is 11.2 Å². The lowest BCUT2D eigenvalue weighted by atomic mass is 10.00. The summed E-state index contributed by atoms with van der Waals surface area (Å²) in [6.07, 6.45) is -4.01. The number of phenols is 1. The molecule has 2 rings (SSSR count). The number of alkyl halides is 3. The second-order valence-electron chi connectivity index (χ2n) is 5.15. The SMILES string of the molecule is O=C(Cc1ccccc1O)NC1CCC(C(F)(F)F)NC1. The Kier molecular flexibility index (Phi) is 4.72. The number of carbonyl (C=O) groups excluding carboxylic acids is 1. The smallest absolute Gasteiger partial charge is 0.403 e. The predicted molar refractivity (Wildman–Crippen MR) is 70.8 cm³/mol. The molecule has 1 heterocycles. The van der Waals surface area contributed by atoms with Gasteiger partial charge in [0.15, 0.2) is 0 Å². The molecule has 0 radical (unpaired) electrons. The average molecular weight is 302 g/mol. The van der Waals surface area contributed by atoms with Crippen molar-refractivity contribution in [3.05, 3.63) is 29.8 Å². The van der Waals surface area contributed by atoms with Crippen molar-refractivity contribution in [3.63, 3.8) is 0 Å². The molecule has 2 unspecified atom stereocenters. The molecule has 1 aromatic rings. The van der Waals surface area contributed by atoms with Crippen molar-refractivity contribution < 1.29 is 23.1 Å². The molecule has 4 nitrogen and oxygen atoms in total. The van der Waals surface area contributed by atoms with Gasteiger partial charge in [-0.25, -0.2) is 0 Å². The van der Waals surface area contributed by atoms with Crippen LogP contribution in [0.15, 0.2) is 24.3 Å². The number of para-hydroxylation sites is 1. The molecule has 1 aliphatic rings. The first-order chi connectivity index (χ1) is 9.86. The van der Waals surface area contributed by atoms with Gasteiger partial charge in [-0.15, -0.1) is 0 Å². The van der Waals surface area contributed by atoms with Gasteiger partial charge < -0.3 is 15.7 Å². The van der Waals surface area contributed by atoms with E-state index < -0.39 is 12.2 Å². The molecule has 1 saturated heterocycles.